The summed E-state index contributed by atoms with van der Waals surface area (Å²) in [4.78, 5) is 30.2. The summed E-state index contributed by atoms with van der Waals surface area (Å²) in [6, 6.07) is 16.7. The van der Waals surface area contributed by atoms with Gasteiger partial charge >= 0.3 is 5.97 Å². The molecule has 1 fully saturated rings. The van der Waals surface area contributed by atoms with Crippen molar-refractivity contribution in [3.8, 4) is 0 Å². The monoisotopic (exact) mass is 394 g/mol. The number of carbonyl (C=O) groups is 2. The first-order valence-corrected chi connectivity index (χ1v) is 9.56. The lowest BCUT2D eigenvalue weighted by Crippen LogP contribution is -2.23. The van der Waals surface area contributed by atoms with Crippen molar-refractivity contribution >= 4 is 34.4 Å². The molecule has 0 saturated carbocycles. The summed E-state index contributed by atoms with van der Waals surface area (Å²) in [6.45, 7) is 1.43. The minimum atomic E-state index is -0.423. The number of para-hydroxylation sites is 1. The molecule has 1 aliphatic heterocycles. The van der Waals surface area contributed by atoms with Crippen LogP contribution in [0.5, 0.6) is 0 Å². The molecule has 0 N–H and O–H groups in total. The summed E-state index contributed by atoms with van der Waals surface area (Å²) in [5.41, 5.74) is 2.92. The van der Waals surface area contributed by atoms with Gasteiger partial charge in [-0.2, -0.15) is 0 Å². The number of benzene rings is 2. The molecule has 1 saturated heterocycles. The quantitative estimate of drug-likeness (QED) is 0.476. The second-order valence-corrected chi connectivity index (χ2v) is 7.18. The van der Waals surface area contributed by atoms with Gasteiger partial charge in [0.25, 0.3) is 0 Å². The van der Waals surface area contributed by atoms with Crippen LogP contribution in [-0.4, -0.2) is 28.3 Å². The van der Waals surface area contributed by atoms with Crippen LogP contribution in [0.3, 0.4) is 0 Å². The Kier molecular flexibility index (Phi) is 5.26. The molecule has 1 amide bonds. The highest BCUT2D eigenvalue weighted by atomic mass is 35.5. The number of nitrogens with zero attached hydrogens (tertiary/aromatic N) is 2. The SMILES string of the molecule is O=C(OCc1cc2ccccc2nc1Cl)c1ccc(CN2CCCC2=O)cc1. The van der Waals surface area contributed by atoms with Crippen molar-refractivity contribution in [2.75, 3.05) is 6.54 Å². The highest BCUT2D eigenvalue weighted by Gasteiger charge is 2.20. The molecule has 0 atom stereocenters. The summed E-state index contributed by atoms with van der Waals surface area (Å²) < 4.78 is 5.41. The third kappa shape index (κ3) is 3.99. The fourth-order valence-corrected chi connectivity index (χ4v) is 3.50. The molecule has 2 aromatic carbocycles. The van der Waals surface area contributed by atoms with Gasteiger partial charge in [-0.1, -0.05) is 41.9 Å². The van der Waals surface area contributed by atoms with E-state index in [0.717, 1.165) is 29.4 Å². The Morgan fingerprint density at radius 2 is 1.93 bits per heavy atom. The molecule has 0 aliphatic carbocycles. The number of fused-ring (bicyclic) bond motifs is 1. The van der Waals surface area contributed by atoms with E-state index in [1.54, 1.807) is 12.1 Å². The molecule has 0 bridgehead atoms. The molecule has 6 heteroatoms. The van der Waals surface area contributed by atoms with Crippen molar-refractivity contribution in [1.82, 2.24) is 9.88 Å². The highest BCUT2D eigenvalue weighted by molar-refractivity contribution is 6.30. The fourth-order valence-electron chi connectivity index (χ4n) is 3.30. The predicted molar refractivity (Wildman–Crippen MR) is 107 cm³/mol. The lowest BCUT2D eigenvalue weighted by atomic mass is 10.1. The third-order valence-corrected chi connectivity index (χ3v) is 5.17. The number of amides is 1. The van der Waals surface area contributed by atoms with Gasteiger partial charge < -0.3 is 9.64 Å². The molecule has 4 rings (SSSR count). The average Bonchev–Trinajstić information content (AvgIpc) is 3.11. The van der Waals surface area contributed by atoms with Crippen LogP contribution in [0.4, 0.5) is 0 Å². The van der Waals surface area contributed by atoms with Crippen molar-refractivity contribution in [2.45, 2.75) is 26.0 Å². The zero-order chi connectivity index (χ0) is 19.5. The maximum absolute atomic E-state index is 12.4. The van der Waals surface area contributed by atoms with Crippen molar-refractivity contribution in [3.63, 3.8) is 0 Å². The second-order valence-electron chi connectivity index (χ2n) is 6.82. The van der Waals surface area contributed by atoms with Gasteiger partial charge in [0.1, 0.15) is 11.8 Å². The first-order chi connectivity index (χ1) is 13.6. The third-order valence-electron chi connectivity index (χ3n) is 4.84. The lowest BCUT2D eigenvalue weighted by Gasteiger charge is -2.15. The molecule has 28 heavy (non-hydrogen) atoms. The van der Waals surface area contributed by atoms with Crippen LogP contribution >= 0.6 is 11.6 Å². The van der Waals surface area contributed by atoms with E-state index in [4.69, 9.17) is 16.3 Å². The molecule has 0 unspecified atom stereocenters. The van der Waals surface area contributed by atoms with Crippen molar-refractivity contribution in [1.29, 1.82) is 0 Å². The van der Waals surface area contributed by atoms with E-state index in [0.29, 0.717) is 29.2 Å². The highest BCUT2D eigenvalue weighted by Crippen LogP contribution is 2.22. The van der Waals surface area contributed by atoms with Gasteiger partial charge in [-0.3, -0.25) is 4.79 Å². The van der Waals surface area contributed by atoms with E-state index in [9.17, 15) is 9.59 Å². The van der Waals surface area contributed by atoms with E-state index in [2.05, 4.69) is 4.98 Å². The summed E-state index contributed by atoms with van der Waals surface area (Å²) in [6.07, 6.45) is 1.53. The van der Waals surface area contributed by atoms with Crippen molar-refractivity contribution < 1.29 is 14.3 Å². The molecule has 1 aromatic heterocycles. The van der Waals surface area contributed by atoms with Gasteiger partial charge in [-0.15, -0.1) is 0 Å². The topological polar surface area (TPSA) is 59.5 Å². The normalized spacial score (nSPS) is 13.9. The van der Waals surface area contributed by atoms with Crippen LogP contribution in [-0.2, 0) is 22.7 Å². The van der Waals surface area contributed by atoms with Gasteiger partial charge in [0.15, 0.2) is 0 Å². The van der Waals surface area contributed by atoms with Crippen LogP contribution in [0.15, 0.2) is 54.6 Å². The standard InChI is InChI=1S/C22H19ClN2O3/c23-21-18(12-17-4-1-2-5-19(17)24-21)14-28-22(27)16-9-7-15(8-10-16)13-25-11-3-6-20(25)26/h1-2,4-5,7-10,12H,3,6,11,13-14H2. The number of ether oxygens (including phenoxy) is 1. The number of pyridine rings is 1. The molecule has 2 heterocycles. The number of halogens is 1. The molecule has 0 radical (unpaired) electrons. The Morgan fingerprint density at radius 1 is 1.14 bits per heavy atom. The first-order valence-electron chi connectivity index (χ1n) is 9.18. The number of aromatic nitrogens is 1. The largest absolute Gasteiger partial charge is 0.457 e. The van der Waals surface area contributed by atoms with E-state index >= 15 is 0 Å². The van der Waals surface area contributed by atoms with Gasteiger partial charge in [0.05, 0.1) is 11.1 Å². The van der Waals surface area contributed by atoms with Crippen molar-refractivity contribution in [2.24, 2.45) is 0 Å². The molecule has 1 aliphatic rings. The number of hydrogen-bond donors (Lipinski definition) is 0. The minimum Gasteiger partial charge on any atom is -0.457 e. The average molecular weight is 395 g/mol. The van der Waals surface area contributed by atoms with Gasteiger partial charge in [0, 0.05) is 30.5 Å². The number of rotatable bonds is 5. The van der Waals surface area contributed by atoms with Crippen molar-refractivity contribution in [3.05, 3.63) is 76.4 Å². The Labute approximate surface area is 167 Å². The first kappa shape index (κ1) is 18.4. The smallest absolute Gasteiger partial charge is 0.338 e. The molecular formula is C22H19ClN2O3. The van der Waals surface area contributed by atoms with Gasteiger partial charge in [0.2, 0.25) is 5.91 Å². The molecule has 142 valence electrons. The zero-order valence-electron chi connectivity index (χ0n) is 15.2. The fraction of sp³-hybridized carbons (Fsp3) is 0.227. The summed E-state index contributed by atoms with van der Waals surface area (Å²) in [5, 5.41) is 1.27. The van der Waals surface area contributed by atoms with E-state index in [1.165, 1.54) is 0 Å². The van der Waals surface area contributed by atoms with Crippen LogP contribution in [0, 0.1) is 0 Å². The van der Waals surface area contributed by atoms with Crippen LogP contribution in [0.2, 0.25) is 5.15 Å². The number of carbonyl (C=O) groups excluding carboxylic acids is 2. The number of likely N-dealkylation sites (tertiary alicyclic amines) is 1. The summed E-state index contributed by atoms with van der Waals surface area (Å²) in [7, 11) is 0. The molecule has 3 aromatic rings. The minimum absolute atomic E-state index is 0.0551. The maximum Gasteiger partial charge on any atom is 0.338 e. The van der Waals surface area contributed by atoms with Crippen LogP contribution in [0.1, 0.15) is 34.3 Å². The van der Waals surface area contributed by atoms with Gasteiger partial charge in [-0.05, 0) is 36.2 Å². The lowest BCUT2D eigenvalue weighted by molar-refractivity contribution is -0.128. The molecule has 0 spiro atoms. The predicted octanol–water partition coefficient (Wildman–Crippen LogP) is 4.37. The summed E-state index contributed by atoms with van der Waals surface area (Å²) in [5.74, 6) is -0.239. The van der Waals surface area contributed by atoms with Gasteiger partial charge in [-0.25, -0.2) is 9.78 Å². The Hall–Kier alpha value is -2.92. The Morgan fingerprint density at radius 3 is 2.68 bits per heavy atom. The Balaban J connectivity index is 1.40. The number of esters is 1. The van der Waals surface area contributed by atoms with Crippen LogP contribution in [0.25, 0.3) is 10.9 Å². The Bertz CT molecular complexity index is 1030. The van der Waals surface area contributed by atoms with Crippen LogP contribution < -0.4 is 0 Å². The molecular weight excluding hydrogens is 376 g/mol. The number of hydrogen-bond acceptors (Lipinski definition) is 4. The summed E-state index contributed by atoms with van der Waals surface area (Å²) >= 11 is 6.21. The van der Waals surface area contributed by atoms with E-state index in [1.807, 2.05) is 47.4 Å². The zero-order valence-corrected chi connectivity index (χ0v) is 16.0. The maximum atomic E-state index is 12.4. The van der Waals surface area contributed by atoms with E-state index in [-0.39, 0.29) is 12.5 Å². The molecule has 5 nitrogen and oxygen atoms in total. The van der Waals surface area contributed by atoms with E-state index < -0.39 is 5.97 Å². The second kappa shape index (κ2) is 7.98.